The normalized spacial score (nSPS) is 17.4. The van der Waals surface area contributed by atoms with Gasteiger partial charge in [0.25, 0.3) is 11.2 Å². The van der Waals surface area contributed by atoms with E-state index in [0.29, 0.717) is 43.6 Å². The molecule has 3 heterocycles. The van der Waals surface area contributed by atoms with Gasteiger partial charge in [-0.2, -0.15) is 0 Å². The lowest BCUT2D eigenvalue weighted by Crippen LogP contribution is -2.40. The number of aromatic nitrogens is 1. The molecule has 1 aromatic heterocycles. The average molecular weight is 607 g/mol. The van der Waals surface area contributed by atoms with Crippen molar-refractivity contribution >= 4 is 34.8 Å². The van der Waals surface area contributed by atoms with Crippen LogP contribution in [-0.2, 0) is 9.53 Å². The number of carbonyl (C=O) groups is 1. The monoisotopic (exact) mass is 606 g/mol. The fourth-order valence-corrected chi connectivity index (χ4v) is 6.62. The van der Waals surface area contributed by atoms with Crippen LogP contribution in [0.4, 0.5) is 11.4 Å². The van der Waals surface area contributed by atoms with Crippen LogP contribution in [0.1, 0.15) is 50.8 Å². The molecule has 2 aromatic carbocycles. The summed E-state index contributed by atoms with van der Waals surface area (Å²) in [5.41, 5.74) is 2.18. The van der Waals surface area contributed by atoms with Crippen LogP contribution >= 0.6 is 11.3 Å². The van der Waals surface area contributed by atoms with Gasteiger partial charge in [0.15, 0.2) is 4.80 Å². The van der Waals surface area contributed by atoms with Crippen LogP contribution in [0.5, 0.6) is 11.5 Å². The number of benzene rings is 2. The third-order valence-corrected chi connectivity index (χ3v) is 8.87. The second-order valence-electron chi connectivity index (χ2n) is 10.6. The number of esters is 1. The molecule has 2 aliphatic heterocycles. The van der Waals surface area contributed by atoms with Crippen LogP contribution in [0.2, 0.25) is 0 Å². The molecule has 5 rings (SSSR count). The number of nitro benzene ring substituents is 1. The Hall–Kier alpha value is -4.45. The molecule has 1 saturated heterocycles. The fourth-order valence-electron chi connectivity index (χ4n) is 5.58. The third-order valence-electron chi connectivity index (χ3n) is 7.89. The van der Waals surface area contributed by atoms with Crippen molar-refractivity contribution in [1.82, 2.24) is 4.57 Å². The number of thiazole rings is 1. The van der Waals surface area contributed by atoms with Crippen molar-refractivity contribution in [3.8, 4) is 11.5 Å². The molecule has 0 amide bonds. The van der Waals surface area contributed by atoms with Gasteiger partial charge in [-0.3, -0.25) is 19.5 Å². The Morgan fingerprint density at radius 3 is 2.56 bits per heavy atom. The average Bonchev–Trinajstić information content (AvgIpc) is 3.30. The molecule has 1 fully saturated rings. The molecule has 0 spiro atoms. The lowest BCUT2D eigenvalue weighted by molar-refractivity contribution is -0.384. The first kappa shape index (κ1) is 30.0. The molecule has 0 bridgehead atoms. The zero-order chi connectivity index (χ0) is 30.8. The van der Waals surface area contributed by atoms with Crippen LogP contribution in [0.3, 0.4) is 0 Å². The van der Waals surface area contributed by atoms with Gasteiger partial charge in [0.1, 0.15) is 17.5 Å². The Balaban J connectivity index is 1.73. The number of nitro groups is 1. The molecule has 43 heavy (non-hydrogen) atoms. The number of non-ortho nitro benzene ring substituents is 1. The van der Waals surface area contributed by atoms with E-state index in [2.05, 4.69) is 16.8 Å². The van der Waals surface area contributed by atoms with E-state index in [9.17, 15) is 19.7 Å². The van der Waals surface area contributed by atoms with Gasteiger partial charge < -0.3 is 19.1 Å². The summed E-state index contributed by atoms with van der Waals surface area (Å²) < 4.78 is 18.2. The summed E-state index contributed by atoms with van der Waals surface area (Å²) in [6.07, 6.45) is 3.71. The predicted molar refractivity (Wildman–Crippen MR) is 164 cm³/mol. The lowest BCUT2D eigenvalue weighted by Gasteiger charge is -2.33. The van der Waals surface area contributed by atoms with Crippen molar-refractivity contribution in [2.45, 2.75) is 39.7 Å². The molecule has 1 atom stereocenters. The highest BCUT2D eigenvalue weighted by molar-refractivity contribution is 7.07. The number of allylic oxidation sites excluding steroid dienone is 1. The van der Waals surface area contributed by atoms with E-state index in [4.69, 9.17) is 14.2 Å². The molecular weight excluding hydrogens is 572 g/mol. The number of carbonyl (C=O) groups excluding carboxylic acids is 1. The highest BCUT2D eigenvalue weighted by Gasteiger charge is 2.35. The van der Waals surface area contributed by atoms with Crippen molar-refractivity contribution in [1.29, 1.82) is 0 Å². The van der Waals surface area contributed by atoms with E-state index in [1.807, 2.05) is 0 Å². The Labute approximate surface area is 252 Å². The summed E-state index contributed by atoms with van der Waals surface area (Å²) in [4.78, 5) is 46.0. The van der Waals surface area contributed by atoms with E-state index in [1.165, 1.54) is 42.3 Å². The van der Waals surface area contributed by atoms with Crippen LogP contribution < -0.4 is 29.3 Å². The van der Waals surface area contributed by atoms with Gasteiger partial charge >= 0.3 is 5.97 Å². The van der Waals surface area contributed by atoms with Crippen LogP contribution in [0.25, 0.3) is 6.08 Å². The van der Waals surface area contributed by atoms with Crippen LogP contribution in [0.15, 0.2) is 57.5 Å². The minimum absolute atomic E-state index is 0.0607. The number of hydrogen-bond donors (Lipinski definition) is 0. The molecule has 3 aromatic rings. The standard InChI is InChI=1S/C31H34N4O7S/c1-6-42-30(37)27-19(3)32-31-34(28(27)23-9-8-22(40-4)17-25(23)41-5)29(36)26(43-31)16-20-15-21(35(38)39)7-10-24(20)33-13-11-18(2)12-14-33/h7-10,15-18,28H,6,11-14H2,1-5H3/b26-16+/t28-/m0/s1. The number of nitrogens with zero attached hydrogens (tertiary/aromatic N) is 4. The third kappa shape index (κ3) is 5.79. The summed E-state index contributed by atoms with van der Waals surface area (Å²) in [5.74, 6) is 1.00. The zero-order valence-corrected chi connectivity index (χ0v) is 25.6. The van der Waals surface area contributed by atoms with Gasteiger partial charge in [0.05, 0.1) is 41.6 Å². The van der Waals surface area contributed by atoms with Crippen LogP contribution in [0, 0.1) is 16.0 Å². The first-order valence-electron chi connectivity index (χ1n) is 14.1. The Kier molecular flexibility index (Phi) is 8.67. The molecule has 0 saturated carbocycles. The molecule has 0 radical (unpaired) electrons. The Morgan fingerprint density at radius 1 is 1.16 bits per heavy atom. The van der Waals surface area contributed by atoms with Gasteiger partial charge in [-0.05, 0) is 56.9 Å². The summed E-state index contributed by atoms with van der Waals surface area (Å²) in [5, 5.41) is 11.7. The van der Waals surface area contributed by atoms with Crippen molar-refractivity contribution in [2.75, 3.05) is 38.8 Å². The second kappa shape index (κ2) is 12.4. The summed E-state index contributed by atoms with van der Waals surface area (Å²) in [6, 6.07) is 9.06. The smallest absolute Gasteiger partial charge is 0.338 e. The van der Waals surface area contributed by atoms with Gasteiger partial charge in [-0.15, -0.1) is 0 Å². The van der Waals surface area contributed by atoms with Crippen LogP contribution in [-0.4, -0.2) is 49.4 Å². The lowest BCUT2D eigenvalue weighted by atomic mass is 9.95. The van der Waals surface area contributed by atoms with E-state index in [-0.39, 0.29) is 23.4 Å². The molecule has 12 heteroatoms. The van der Waals surface area contributed by atoms with E-state index in [1.54, 1.807) is 44.2 Å². The number of hydrogen-bond acceptors (Lipinski definition) is 10. The number of methoxy groups -OCH3 is 2. The van der Waals surface area contributed by atoms with Crippen molar-refractivity contribution in [3.63, 3.8) is 0 Å². The molecule has 0 unspecified atom stereocenters. The van der Waals surface area contributed by atoms with Crippen molar-refractivity contribution < 1.29 is 23.9 Å². The first-order chi connectivity index (χ1) is 20.7. The second-order valence-corrected chi connectivity index (χ2v) is 11.6. The van der Waals surface area contributed by atoms with Gasteiger partial charge in [0, 0.05) is 48.1 Å². The zero-order valence-electron chi connectivity index (χ0n) is 24.8. The van der Waals surface area contributed by atoms with Crippen molar-refractivity contribution in [2.24, 2.45) is 10.9 Å². The van der Waals surface area contributed by atoms with Gasteiger partial charge in [0.2, 0.25) is 0 Å². The minimum Gasteiger partial charge on any atom is -0.497 e. The van der Waals surface area contributed by atoms with Gasteiger partial charge in [-0.1, -0.05) is 18.3 Å². The Bertz CT molecular complexity index is 1780. The minimum atomic E-state index is -0.883. The summed E-state index contributed by atoms with van der Waals surface area (Å²) in [7, 11) is 3.05. The predicted octanol–water partition coefficient (Wildman–Crippen LogP) is 3.96. The van der Waals surface area contributed by atoms with Gasteiger partial charge in [-0.25, -0.2) is 9.79 Å². The quantitative estimate of drug-likeness (QED) is 0.214. The highest BCUT2D eigenvalue weighted by Crippen LogP contribution is 2.38. The fraction of sp³-hybridized carbons (Fsp3) is 0.387. The number of fused-ring (bicyclic) bond motifs is 1. The maximum atomic E-state index is 14.2. The SMILES string of the molecule is CCOC(=O)C1=C(C)N=c2s/c(=C/c3cc([N+](=O)[O-])ccc3N3CCC(C)CC3)c(=O)n2[C@H]1c1ccc(OC)cc1OC. The first-order valence-corrected chi connectivity index (χ1v) is 14.9. The number of anilines is 1. The van der Waals surface area contributed by atoms with E-state index in [0.717, 1.165) is 31.6 Å². The van der Waals surface area contributed by atoms with E-state index < -0.39 is 16.9 Å². The molecule has 0 aliphatic carbocycles. The molecule has 11 nitrogen and oxygen atoms in total. The number of piperidine rings is 1. The summed E-state index contributed by atoms with van der Waals surface area (Å²) >= 11 is 1.17. The molecule has 2 aliphatic rings. The maximum absolute atomic E-state index is 14.2. The summed E-state index contributed by atoms with van der Waals surface area (Å²) in [6.45, 7) is 7.43. The molecule has 226 valence electrons. The van der Waals surface area contributed by atoms with E-state index >= 15 is 0 Å². The number of rotatable bonds is 8. The Morgan fingerprint density at radius 2 is 1.91 bits per heavy atom. The van der Waals surface area contributed by atoms with Crippen molar-refractivity contribution in [3.05, 3.63) is 88.6 Å². The maximum Gasteiger partial charge on any atom is 0.338 e. The number of ether oxygens (including phenoxy) is 3. The molecular formula is C31H34N4O7S. The largest absolute Gasteiger partial charge is 0.497 e. The molecule has 0 N–H and O–H groups in total. The highest BCUT2D eigenvalue weighted by atomic mass is 32.1. The topological polar surface area (TPSA) is 126 Å².